The predicted molar refractivity (Wildman–Crippen MR) is 106 cm³/mol. The van der Waals surface area contributed by atoms with Gasteiger partial charge in [0.25, 0.3) is 5.69 Å². The SMILES string of the molecule is COc1cc(C(=O)OCC(=O)c2cc(C)c(C)c(C)c2C)c([N+](=O)[O-])cc1OC(F)F. The quantitative estimate of drug-likeness (QED) is 0.259. The Hall–Kier alpha value is -3.56. The molecule has 8 nitrogen and oxygen atoms in total. The number of carbonyl (C=O) groups excluding carboxylic acids is 2. The fourth-order valence-electron chi connectivity index (χ4n) is 3.00. The smallest absolute Gasteiger partial charge is 0.387 e. The van der Waals surface area contributed by atoms with Crippen LogP contribution >= 0.6 is 0 Å². The number of carbonyl (C=O) groups is 2. The van der Waals surface area contributed by atoms with Gasteiger partial charge in [0, 0.05) is 11.6 Å². The number of benzene rings is 2. The number of alkyl halides is 2. The monoisotopic (exact) mass is 437 g/mol. The zero-order chi connectivity index (χ0) is 23.5. The Kier molecular flexibility index (Phi) is 7.27. The molecule has 0 saturated heterocycles. The lowest BCUT2D eigenvalue weighted by Gasteiger charge is -2.14. The van der Waals surface area contributed by atoms with E-state index >= 15 is 0 Å². The molecule has 2 aromatic carbocycles. The summed E-state index contributed by atoms with van der Waals surface area (Å²) < 4.78 is 39.1. The van der Waals surface area contributed by atoms with Gasteiger partial charge >= 0.3 is 12.6 Å². The molecule has 2 aromatic rings. The molecule has 0 aliphatic carbocycles. The van der Waals surface area contributed by atoms with Crippen molar-refractivity contribution in [2.75, 3.05) is 13.7 Å². The third kappa shape index (κ3) is 5.14. The number of Topliss-reactive ketones (excluding diaryl/α,β-unsaturated/α-hetero) is 1. The lowest BCUT2D eigenvalue weighted by molar-refractivity contribution is -0.385. The van der Waals surface area contributed by atoms with E-state index in [1.54, 1.807) is 13.0 Å². The molecule has 0 aliphatic rings. The van der Waals surface area contributed by atoms with Crippen molar-refractivity contribution in [3.05, 3.63) is 61.7 Å². The highest BCUT2D eigenvalue weighted by molar-refractivity contribution is 6.02. The van der Waals surface area contributed by atoms with Gasteiger partial charge in [-0.25, -0.2) is 4.79 Å². The van der Waals surface area contributed by atoms with Crippen LogP contribution in [0.2, 0.25) is 0 Å². The van der Waals surface area contributed by atoms with Crippen molar-refractivity contribution in [3.63, 3.8) is 0 Å². The van der Waals surface area contributed by atoms with Crippen LogP contribution in [0.5, 0.6) is 11.5 Å². The van der Waals surface area contributed by atoms with Gasteiger partial charge in [0.2, 0.25) is 5.78 Å². The van der Waals surface area contributed by atoms with Crippen molar-refractivity contribution in [3.8, 4) is 11.5 Å². The summed E-state index contributed by atoms with van der Waals surface area (Å²) in [7, 11) is 1.11. The number of halogens is 2. The van der Waals surface area contributed by atoms with Crippen LogP contribution in [0.25, 0.3) is 0 Å². The molecular weight excluding hydrogens is 416 g/mol. The van der Waals surface area contributed by atoms with Gasteiger partial charge in [0.15, 0.2) is 18.1 Å². The topological polar surface area (TPSA) is 105 Å². The van der Waals surface area contributed by atoms with Crippen LogP contribution in [0.3, 0.4) is 0 Å². The normalized spacial score (nSPS) is 10.7. The Morgan fingerprint density at radius 1 is 1.00 bits per heavy atom. The van der Waals surface area contributed by atoms with Crippen molar-refractivity contribution in [1.29, 1.82) is 0 Å². The molecule has 166 valence electrons. The van der Waals surface area contributed by atoms with E-state index in [4.69, 9.17) is 9.47 Å². The second kappa shape index (κ2) is 9.50. The van der Waals surface area contributed by atoms with Crippen LogP contribution in [-0.2, 0) is 4.74 Å². The van der Waals surface area contributed by atoms with Gasteiger partial charge in [-0.3, -0.25) is 14.9 Å². The van der Waals surface area contributed by atoms with Crippen LogP contribution in [0, 0.1) is 37.8 Å². The molecule has 0 heterocycles. The number of nitro groups is 1. The minimum atomic E-state index is -3.26. The Balaban J connectivity index is 2.31. The number of rotatable bonds is 8. The van der Waals surface area contributed by atoms with Crippen LogP contribution < -0.4 is 9.47 Å². The highest BCUT2D eigenvalue weighted by Crippen LogP contribution is 2.36. The van der Waals surface area contributed by atoms with Gasteiger partial charge in [-0.05, 0) is 56.0 Å². The van der Waals surface area contributed by atoms with Crippen molar-refractivity contribution in [2.24, 2.45) is 0 Å². The largest absolute Gasteiger partial charge is 0.493 e. The first-order chi connectivity index (χ1) is 14.5. The predicted octanol–water partition coefficient (Wildman–Crippen LogP) is 4.48. The van der Waals surface area contributed by atoms with Gasteiger partial charge in [0.05, 0.1) is 18.1 Å². The number of esters is 1. The minimum Gasteiger partial charge on any atom is -0.493 e. The number of hydrogen-bond acceptors (Lipinski definition) is 7. The average molecular weight is 437 g/mol. The van der Waals surface area contributed by atoms with Crippen LogP contribution in [0.15, 0.2) is 18.2 Å². The lowest BCUT2D eigenvalue weighted by Crippen LogP contribution is -2.17. The van der Waals surface area contributed by atoms with E-state index in [2.05, 4.69) is 4.74 Å². The first kappa shape index (κ1) is 23.7. The van der Waals surface area contributed by atoms with Crippen molar-refractivity contribution < 1.29 is 37.5 Å². The summed E-state index contributed by atoms with van der Waals surface area (Å²) >= 11 is 0. The van der Waals surface area contributed by atoms with Crippen molar-refractivity contribution in [2.45, 2.75) is 34.3 Å². The number of nitro benzene ring substituents is 1. The maximum Gasteiger partial charge on any atom is 0.387 e. The van der Waals surface area contributed by atoms with E-state index in [-0.39, 0.29) is 5.75 Å². The first-order valence-electron chi connectivity index (χ1n) is 9.06. The highest BCUT2D eigenvalue weighted by Gasteiger charge is 2.27. The molecule has 0 aromatic heterocycles. The molecule has 10 heteroatoms. The van der Waals surface area contributed by atoms with Gasteiger partial charge in [-0.1, -0.05) is 0 Å². The molecule has 2 rings (SSSR count). The lowest BCUT2D eigenvalue weighted by atomic mass is 9.93. The molecule has 0 saturated carbocycles. The van der Waals surface area contributed by atoms with Crippen molar-refractivity contribution >= 4 is 17.4 Å². The summed E-state index contributed by atoms with van der Waals surface area (Å²) in [6, 6.07) is 3.18. The molecule has 0 bridgehead atoms. The molecule has 0 N–H and O–H groups in total. The molecule has 0 radical (unpaired) electrons. The van der Waals surface area contributed by atoms with Crippen LogP contribution in [0.1, 0.15) is 43.0 Å². The maximum absolute atomic E-state index is 12.6. The van der Waals surface area contributed by atoms with E-state index in [1.807, 2.05) is 20.8 Å². The summed E-state index contributed by atoms with van der Waals surface area (Å²) in [6.07, 6.45) is 0. The van der Waals surface area contributed by atoms with Gasteiger partial charge in [0.1, 0.15) is 5.56 Å². The Morgan fingerprint density at radius 2 is 1.65 bits per heavy atom. The fraction of sp³-hybridized carbons (Fsp3) is 0.333. The van der Waals surface area contributed by atoms with Crippen molar-refractivity contribution in [1.82, 2.24) is 0 Å². The Morgan fingerprint density at radius 3 is 2.19 bits per heavy atom. The average Bonchev–Trinajstić information content (AvgIpc) is 2.71. The highest BCUT2D eigenvalue weighted by atomic mass is 19.3. The number of ether oxygens (including phenoxy) is 3. The first-order valence-corrected chi connectivity index (χ1v) is 9.06. The Labute approximate surface area is 176 Å². The third-order valence-corrected chi connectivity index (χ3v) is 5.03. The number of ketones is 1. The Bertz CT molecular complexity index is 1050. The zero-order valence-corrected chi connectivity index (χ0v) is 17.6. The van der Waals surface area contributed by atoms with Gasteiger partial charge in [-0.2, -0.15) is 8.78 Å². The molecule has 0 unspecified atom stereocenters. The summed E-state index contributed by atoms with van der Waals surface area (Å²) in [5.41, 5.74) is 2.60. The second-order valence-electron chi connectivity index (χ2n) is 6.77. The molecule has 0 spiro atoms. The summed E-state index contributed by atoms with van der Waals surface area (Å²) in [6.45, 7) is 3.51. The third-order valence-electron chi connectivity index (χ3n) is 5.03. The van der Waals surface area contributed by atoms with Gasteiger partial charge < -0.3 is 14.2 Å². The summed E-state index contributed by atoms with van der Waals surface area (Å²) in [5.74, 6) is -2.60. The standard InChI is InChI=1S/C21H21F2NO7/c1-10-6-14(13(4)12(3)11(10)2)17(25)9-30-20(26)15-7-18(29-5)19(31-21(22)23)8-16(15)24(27)28/h6-8,21H,9H2,1-5H3. The molecular formula is C21H21F2NO7. The molecule has 31 heavy (non-hydrogen) atoms. The van der Waals surface area contributed by atoms with E-state index < -0.39 is 46.9 Å². The molecule has 0 atom stereocenters. The molecule has 0 fully saturated rings. The zero-order valence-electron chi connectivity index (χ0n) is 17.6. The molecule has 0 amide bonds. The maximum atomic E-state index is 12.6. The number of methoxy groups -OCH3 is 1. The number of hydrogen-bond donors (Lipinski definition) is 0. The second-order valence-corrected chi connectivity index (χ2v) is 6.77. The minimum absolute atomic E-state index is 0.329. The van der Waals surface area contributed by atoms with E-state index in [9.17, 15) is 28.5 Å². The summed E-state index contributed by atoms with van der Waals surface area (Å²) in [5, 5.41) is 11.3. The number of nitrogens with zero attached hydrogens (tertiary/aromatic N) is 1. The fourth-order valence-corrected chi connectivity index (χ4v) is 3.00. The van der Waals surface area contributed by atoms with E-state index in [1.165, 1.54) is 0 Å². The van der Waals surface area contributed by atoms with E-state index in [0.717, 1.165) is 35.4 Å². The van der Waals surface area contributed by atoms with Gasteiger partial charge in [-0.15, -0.1) is 0 Å². The van der Waals surface area contributed by atoms with Crippen LogP contribution in [-0.4, -0.2) is 37.0 Å². The van der Waals surface area contributed by atoms with Crippen LogP contribution in [0.4, 0.5) is 14.5 Å². The summed E-state index contributed by atoms with van der Waals surface area (Å²) in [4.78, 5) is 35.4. The molecule has 0 aliphatic heterocycles. The van der Waals surface area contributed by atoms with E-state index in [0.29, 0.717) is 11.6 Å². The number of aryl methyl sites for hydroxylation is 1.